The molecule has 14 heavy (non-hydrogen) atoms. The Labute approximate surface area is 91.5 Å². The van der Waals surface area contributed by atoms with Gasteiger partial charge in [-0.1, -0.05) is 17.2 Å². The molecule has 3 heteroatoms. The lowest BCUT2D eigenvalue weighted by atomic mass is 10.1. The van der Waals surface area contributed by atoms with E-state index in [0.29, 0.717) is 0 Å². The molecule has 0 spiro atoms. The maximum Gasteiger partial charge on any atom is 0.0792 e. The molecule has 0 aliphatic rings. The molecule has 0 aliphatic heterocycles. The number of nitrogens with zero attached hydrogens (tertiary/aromatic N) is 1. The lowest BCUT2D eigenvalue weighted by Crippen LogP contribution is -1.83. The summed E-state index contributed by atoms with van der Waals surface area (Å²) in [6.45, 7) is 4.20. The molecule has 0 saturated heterocycles. The van der Waals surface area contributed by atoms with Crippen molar-refractivity contribution >= 4 is 15.9 Å². The highest BCUT2D eigenvalue weighted by Crippen LogP contribution is 2.26. The molecule has 1 aromatic carbocycles. The van der Waals surface area contributed by atoms with Gasteiger partial charge >= 0.3 is 0 Å². The molecule has 0 bridgehead atoms. The summed E-state index contributed by atoms with van der Waals surface area (Å²) in [7, 11) is 0. The standard InChI is InChI=1S/C11H11BrN2/c1-7-3-8(2)5-9(4-7)11-10(12)6-13-14-11/h3-6H,1-2H3,(H,13,14). The van der Waals surface area contributed by atoms with Gasteiger partial charge in [0.15, 0.2) is 0 Å². The fourth-order valence-electron chi connectivity index (χ4n) is 1.59. The van der Waals surface area contributed by atoms with Gasteiger partial charge in [-0.15, -0.1) is 0 Å². The van der Waals surface area contributed by atoms with E-state index in [1.807, 2.05) is 0 Å². The number of hydrogen-bond donors (Lipinski definition) is 1. The second-order valence-electron chi connectivity index (χ2n) is 3.47. The number of hydrogen-bond acceptors (Lipinski definition) is 1. The van der Waals surface area contributed by atoms with Crippen molar-refractivity contribution in [3.8, 4) is 11.3 Å². The predicted octanol–water partition coefficient (Wildman–Crippen LogP) is 3.46. The van der Waals surface area contributed by atoms with Crippen LogP contribution in [0.5, 0.6) is 0 Å². The molecule has 1 N–H and O–H groups in total. The summed E-state index contributed by atoms with van der Waals surface area (Å²) in [6.07, 6.45) is 1.77. The van der Waals surface area contributed by atoms with Crippen LogP contribution >= 0.6 is 15.9 Å². The topological polar surface area (TPSA) is 28.7 Å². The summed E-state index contributed by atoms with van der Waals surface area (Å²) in [5.41, 5.74) is 4.74. The van der Waals surface area contributed by atoms with E-state index < -0.39 is 0 Å². The maximum atomic E-state index is 3.99. The van der Waals surface area contributed by atoms with Crippen molar-refractivity contribution in [3.63, 3.8) is 0 Å². The van der Waals surface area contributed by atoms with Crippen LogP contribution in [0.1, 0.15) is 11.1 Å². The van der Waals surface area contributed by atoms with E-state index in [0.717, 1.165) is 10.2 Å². The molecule has 2 rings (SSSR count). The van der Waals surface area contributed by atoms with Gasteiger partial charge in [-0.2, -0.15) is 5.10 Å². The molecule has 2 nitrogen and oxygen atoms in total. The van der Waals surface area contributed by atoms with E-state index in [1.165, 1.54) is 16.7 Å². The first-order chi connectivity index (χ1) is 6.66. The molecule has 2 aromatic rings. The van der Waals surface area contributed by atoms with Gasteiger partial charge in [0.1, 0.15) is 0 Å². The average Bonchev–Trinajstić information content (AvgIpc) is 2.49. The summed E-state index contributed by atoms with van der Waals surface area (Å²) >= 11 is 3.46. The summed E-state index contributed by atoms with van der Waals surface area (Å²) < 4.78 is 1.00. The largest absolute Gasteiger partial charge is 0.277 e. The van der Waals surface area contributed by atoms with E-state index in [9.17, 15) is 0 Å². The maximum absolute atomic E-state index is 3.99. The summed E-state index contributed by atoms with van der Waals surface area (Å²) in [5, 5.41) is 6.96. The fraction of sp³-hybridized carbons (Fsp3) is 0.182. The Morgan fingerprint density at radius 3 is 2.29 bits per heavy atom. The van der Waals surface area contributed by atoms with Crippen LogP contribution in [0.3, 0.4) is 0 Å². The van der Waals surface area contributed by atoms with Gasteiger partial charge in [-0.05, 0) is 41.9 Å². The zero-order valence-corrected chi connectivity index (χ0v) is 9.72. The molecule has 1 aromatic heterocycles. The minimum absolute atomic E-state index is 1.00. The number of rotatable bonds is 1. The SMILES string of the molecule is Cc1cc(C)cc(-c2[nH]ncc2Br)c1. The Balaban J connectivity index is 2.57. The Hall–Kier alpha value is -1.09. The van der Waals surface area contributed by atoms with Crippen LogP contribution < -0.4 is 0 Å². The zero-order chi connectivity index (χ0) is 10.1. The third-order valence-electron chi connectivity index (χ3n) is 2.10. The minimum Gasteiger partial charge on any atom is -0.277 e. The van der Waals surface area contributed by atoms with Crippen molar-refractivity contribution in [2.45, 2.75) is 13.8 Å². The van der Waals surface area contributed by atoms with Crippen molar-refractivity contribution in [3.05, 3.63) is 40.0 Å². The number of halogens is 1. The Bertz CT molecular complexity index is 440. The van der Waals surface area contributed by atoms with Crippen LogP contribution in [-0.4, -0.2) is 10.2 Å². The molecule has 0 amide bonds. The fourth-order valence-corrected chi connectivity index (χ4v) is 2.01. The third kappa shape index (κ3) is 1.73. The lowest BCUT2D eigenvalue weighted by molar-refractivity contribution is 1.09. The quantitative estimate of drug-likeness (QED) is 0.826. The molecule has 0 aliphatic carbocycles. The molecule has 72 valence electrons. The molecule has 0 unspecified atom stereocenters. The van der Waals surface area contributed by atoms with Crippen molar-refractivity contribution in [1.29, 1.82) is 0 Å². The molecular formula is C11H11BrN2. The number of nitrogens with one attached hydrogen (secondary N) is 1. The molecular weight excluding hydrogens is 240 g/mol. The molecule has 0 atom stereocenters. The predicted molar refractivity (Wildman–Crippen MR) is 61.2 cm³/mol. The van der Waals surface area contributed by atoms with Gasteiger partial charge in [-0.3, -0.25) is 5.10 Å². The zero-order valence-electron chi connectivity index (χ0n) is 8.13. The van der Waals surface area contributed by atoms with Gasteiger partial charge in [0.2, 0.25) is 0 Å². The first kappa shape index (κ1) is 9.46. The van der Waals surface area contributed by atoms with Crippen LogP contribution in [0.15, 0.2) is 28.9 Å². The van der Waals surface area contributed by atoms with Crippen molar-refractivity contribution in [2.24, 2.45) is 0 Å². The number of H-pyrrole nitrogens is 1. The Morgan fingerprint density at radius 2 is 1.79 bits per heavy atom. The van der Waals surface area contributed by atoms with Crippen molar-refractivity contribution in [1.82, 2.24) is 10.2 Å². The highest BCUT2D eigenvalue weighted by molar-refractivity contribution is 9.10. The first-order valence-corrected chi connectivity index (χ1v) is 5.23. The van der Waals surface area contributed by atoms with Gasteiger partial charge in [0.25, 0.3) is 0 Å². The minimum atomic E-state index is 1.00. The van der Waals surface area contributed by atoms with Crippen LogP contribution in [0.4, 0.5) is 0 Å². The van der Waals surface area contributed by atoms with Gasteiger partial charge in [-0.25, -0.2) is 0 Å². The molecule has 0 fully saturated rings. The summed E-state index contributed by atoms with van der Waals surface area (Å²) in [5.74, 6) is 0. The third-order valence-corrected chi connectivity index (χ3v) is 2.70. The second kappa shape index (κ2) is 3.58. The molecule has 0 radical (unpaired) electrons. The van der Waals surface area contributed by atoms with E-state index in [4.69, 9.17) is 0 Å². The average molecular weight is 251 g/mol. The van der Waals surface area contributed by atoms with Crippen LogP contribution in [0.2, 0.25) is 0 Å². The van der Waals surface area contributed by atoms with Gasteiger partial charge in [0, 0.05) is 5.56 Å². The smallest absolute Gasteiger partial charge is 0.0792 e. The van der Waals surface area contributed by atoms with Crippen LogP contribution in [0.25, 0.3) is 11.3 Å². The Kier molecular flexibility index (Phi) is 2.42. The molecule has 0 saturated carbocycles. The monoisotopic (exact) mass is 250 g/mol. The highest BCUT2D eigenvalue weighted by atomic mass is 79.9. The number of aryl methyl sites for hydroxylation is 2. The van der Waals surface area contributed by atoms with Crippen LogP contribution in [-0.2, 0) is 0 Å². The second-order valence-corrected chi connectivity index (χ2v) is 4.32. The summed E-state index contributed by atoms with van der Waals surface area (Å²) in [6, 6.07) is 6.45. The normalized spacial score (nSPS) is 10.5. The van der Waals surface area contributed by atoms with Crippen molar-refractivity contribution < 1.29 is 0 Å². The molecule has 1 heterocycles. The van der Waals surface area contributed by atoms with E-state index >= 15 is 0 Å². The lowest BCUT2D eigenvalue weighted by Gasteiger charge is -2.02. The summed E-state index contributed by atoms with van der Waals surface area (Å²) in [4.78, 5) is 0. The first-order valence-electron chi connectivity index (χ1n) is 4.44. The highest BCUT2D eigenvalue weighted by Gasteiger charge is 2.05. The van der Waals surface area contributed by atoms with Gasteiger partial charge in [0.05, 0.1) is 16.4 Å². The van der Waals surface area contributed by atoms with Crippen LogP contribution in [0, 0.1) is 13.8 Å². The Morgan fingerprint density at radius 1 is 1.14 bits per heavy atom. The van der Waals surface area contributed by atoms with E-state index in [-0.39, 0.29) is 0 Å². The van der Waals surface area contributed by atoms with E-state index in [1.54, 1.807) is 6.20 Å². The van der Waals surface area contributed by atoms with Crippen molar-refractivity contribution in [2.75, 3.05) is 0 Å². The van der Waals surface area contributed by atoms with Gasteiger partial charge < -0.3 is 0 Å². The van der Waals surface area contributed by atoms with E-state index in [2.05, 4.69) is 58.2 Å². The number of benzene rings is 1. The number of aromatic amines is 1. The number of aromatic nitrogens is 2.